The average Bonchev–Trinajstić information content (AvgIpc) is 1.95. The number of nitrogens with zero attached hydrogens (tertiary/aromatic N) is 1. The highest BCUT2D eigenvalue weighted by molar-refractivity contribution is 5.08. The molecule has 1 heterocycles. The summed E-state index contributed by atoms with van der Waals surface area (Å²) in [5, 5.41) is 0. The van der Waals surface area contributed by atoms with Crippen LogP contribution in [0.1, 0.15) is 5.56 Å². The van der Waals surface area contributed by atoms with Gasteiger partial charge in [0.05, 0.1) is 0 Å². The lowest BCUT2D eigenvalue weighted by Gasteiger charge is -1.96. The van der Waals surface area contributed by atoms with Gasteiger partial charge in [0.1, 0.15) is 0 Å². The van der Waals surface area contributed by atoms with Crippen LogP contribution in [0.15, 0.2) is 18.3 Å². The summed E-state index contributed by atoms with van der Waals surface area (Å²) >= 11 is 0. The molecule has 0 saturated heterocycles. The van der Waals surface area contributed by atoms with Crippen molar-refractivity contribution in [3.8, 4) is 0 Å². The molecule has 0 unspecified atom stereocenters. The van der Waals surface area contributed by atoms with Crippen LogP contribution in [-0.2, 0) is 6.54 Å². The monoisotopic (exact) mass is 141 g/mol. The summed E-state index contributed by atoms with van der Waals surface area (Å²) in [6, 6.07) is 2.93. The number of hydrogen-bond donors (Lipinski definition) is 2. The molecule has 0 aliphatic carbocycles. The largest absolute Gasteiger partial charge is 0.271 e. The normalized spacial score (nSPS) is 9.80. The molecule has 0 radical (unpaired) electrons. The van der Waals surface area contributed by atoms with Gasteiger partial charge in [-0.15, -0.1) is 0 Å². The highest BCUT2D eigenvalue weighted by Gasteiger charge is 1.91. The lowest BCUT2D eigenvalue weighted by atomic mass is 10.3. The van der Waals surface area contributed by atoms with Crippen molar-refractivity contribution in [3.63, 3.8) is 0 Å². The van der Waals surface area contributed by atoms with E-state index in [1.807, 2.05) is 0 Å². The number of halogens is 1. The fraction of sp³-hybridized carbons (Fsp3) is 0.167. The zero-order valence-electron chi connectivity index (χ0n) is 5.34. The summed E-state index contributed by atoms with van der Waals surface area (Å²) in [5.41, 5.74) is 3.31. The van der Waals surface area contributed by atoms with Crippen LogP contribution in [0.25, 0.3) is 0 Å². The van der Waals surface area contributed by atoms with Gasteiger partial charge in [-0.05, 0) is 11.6 Å². The van der Waals surface area contributed by atoms with E-state index < -0.39 is 5.95 Å². The summed E-state index contributed by atoms with van der Waals surface area (Å²) in [6.45, 7) is 0.507. The molecular weight excluding hydrogens is 133 g/mol. The van der Waals surface area contributed by atoms with Crippen LogP contribution < -0.4 is 11.3 Å². The molecular formula is C6H8FN3. The summed E-state index contributed by atoms with van der Waals surface area (Å²) < 4.78 is 12.2. The maximum atomic E-state index is 12.2. The van der Waals surface area contributed by atoms with Gasteiger partial charge in [0.25, 0.3) is 0 Å². The minimum atomic E-state index is -0.472. The summed E-state index contributed by atoms with van der Waals surface area (Å²) in [5.74, 6) is 4.56. The van der Waals surface area contributed by atoms with Crippen LogP contribution in [0.4, 0.5) is 4.39 Å². The summed E-state index contributed by atoms with van der Waals surface area (Å²) in [6.07, 6.45) is 1.44. The van der Waals surface area contributed by atoms with Gasteiger partial charge < -0.3 is 0 Å². The number of aromatic nitrogens is 1. The van der Waals surface area contributed by atoms with Crippen molar-refractivity contribution in [2.24, 2.45) is 5.84 Å². The fourth-order valence-corrected chi connectivity index (χ4v) is 0.629. The average molecular weight is 141 g/mol. The Labute approximate surface area is 58.0 Å². The van der Waals surface area contributed by atoms with Gasteiger partial charge in [-0.25, -0.2) is 4.98 Å². The Hall–Kier alpha value is -1.00. The van der Waals surface area contributed by atoms with Crippen molar-refractivity contribution in [2.45, 2.75) is 6.54 Å². The predicted octanol–water partition coefficient (Wildman–Crippen LogP) is 0.184. The third-order valence-corrected chi connectivity index (χ3v) is 1.09. The predicted molar refractivity (Wildman–Crippen MR) is 35.2 cm³/mol. The Balaban J connectivity index is 2.69. The Bertz CT molecular complexity index is 197. The first-order valence-electron chi connectivity index (χ1n) is 2.87. The van der Waals surface area contributed by atoms with Crippen LogP contribution in [0.5, 0.6) is 0 Å². The smallest absolute Gasteiger partial charge is 0.212 e. The number of nitrogens with one attached hydrogen (secondary N) is 1. The molecule has 0 fully saturated rings. The third kappa shape index (κ3) is 1.75. The summed E-state index contributed by atoms with van der Waals surface area (Å²) in [4.78, 5) is 3.44. The van der Waals surface area contributed by atoms with Crippen LogP contribution in [-0.4, -0.2) is 4.98 Å². The number of hydrazine groups is 1. The van der Waals surface area contributed by atoms with E-state index in [9.17, 15) is 4.39 Å². The fourth-order valence-electron chi connectivity index (χ4n) is 0.629. The van der Waals surface area contributed by atoms with Gasteiger partial charge in [-0.1, -0.05) is 6.07 Å². The second-order valence-electron chi connectivity index (χ2n) is 1.87. The molecule has 1 rings (SSSR count). The topological polar surface area (TPSA) is 50.9 Å². The molecule has 4 heteroatoms. The second kappa shape index (κ2) is 3.24. The lowest BCUT2D eigenvalue weighted by Crippen LogP contribution is -2.20. The molecule has 0 aliphatic rings. The molecule has 0 saturated carbocycles. The maximum absolute atomic E-state index is 12.2. The van der Waals surface area contributed by atoms with E-state index in [1.54, 1.807) is 6.07 Å². The molecule has 54 valence electrons. The molecule has 1 aromatic rings. The van der Waals surface area contributed by atoms with E-state index >= 15 is 0 Å². The number of rotatable bonds is 2. The first kappa shape index (κ1) is 7.11. The van der Waals surface area contributed by atoms with Crippen LogP contribution in [0, 0.1) is 5.95 Å². The van der Waals surface area contributed by atoms with Crippen molar-refractivity contribution >= 4 is 0 Å². The minimum Gasteiger partial charge on any atom is -0.271 e. The Morgan fingerprint density at radius 1 is 1.60 bits per heavy atom. The molecule has 1 aromatic heterocycles. The van der Waals surface area contributed by atoms with Crippen LogP contribution in [0.3, 0.4) is 0 Å². The third-order valence-electron chi connectivity index (χ3n) is 1.09. The van der Waals surface area contributed by atoms with Gasteiger partial charge in [-0.3, -0.25) is 11.3 Å². The molecule has 0 bridgehead atoms. The van der Waals surface area contributed by atoms with Crippen LogP contribution >= 0.6 is 0 Å². The van der Waals surface area contributed by atoms with Gasteiger partial charge in [-0.2, -0.15) is 4.39 Å². The second-order valence-corrected chi connectivity index (χ2v) is 1.87. The first-order chi connectivity index (χ1) is 4.83. The zero-order valence-corrected chi connectivity index (χ0v) is 5.34. The SMILES string of the molecule is NNCc1ccc(F)nc1. The molecule has 3 N–H and O–H groups in total. The van der Waals surface area contributed by atoms with Crippen molar-refractivity contribution in [2.75, 3.05) is 0 Å². The van der Waals surface area contributed by atoms with E-state index in [-0.39, 0.29) is 0 Å². The van der Waals surface area contributed by atoms with Gasteiger partial charge in [0.2, 0.25) is 5.95 Å². The standard InChI is InChI=1S/C6H8FN3/c7-6-2-1-5(3-9-6)4-10-8/h1-3,10H,4,8H2. The highest BCUT2D eigenvalue weighted by atomic mass is 19.1. The Kier molecular flexibility index (Phi) is 2.30. The molecule has 0 aromatic carbocycles. The minimum absolute atomic E-state index is 0.472. The number of hydrogen-bond acceptors (Lipinski definition) is 3. The van der Waals surface area contributed by atoms with Crippen molar-refractivity contribution in [1.82, 2.24) is 10.4 Å². The summed E-state index contributed by atoms with van der Waals surface area (Å²) in [7, 11) is 0. The van der Waals surface area contributed by atoms with Gasteiger partial charge >= 0.3 is 0 Å². The zero-order chi connectivity index (χ0) is 7.40. The van der Waals surface area contributed by atoms with Gasteiger partial charge in [0.15, 0.2) is 0 Å². The van der Waals surface area contributed by atoms with E-state index in [0.29, 0.717) is 6.54 Å². The lowest BCUT2D eigenvalue weighted by molar-refractivity contribution is 0.580. The van der Waals surface area contributed by atoms with Crippen LogP contribution in [0.2, 0.25) is 0 Å². The van der Waals surface area contributed by atoms with Crippen molar-refractivity contribution in [3.05, 3.63) is 29.8 Å². The molecule has 0 aliphatic heterocycles. The van der Waals surface area contributed by atoms with Crippen molar-refractivity contribution < 1.29 is 4.39 Å². The molecule has 3 nitrogen and oxygen atoms in total. The molecule has 10 heavy (non-hydrogen) atoms. The quantitative estimate of drug-likeness (QED) is 0.351. The van der Waals surface area contributed by atoms with Gasteiger partial charge in [0, 0.05) is 12.7 Å². The number of pyridine rings is 1. The van der Waals surface area contributed by atoms with E-state index in [1.165, 1.54) is 12.3 Å². The highest BCUT2D eigenvalue weighted by Crippen LogP contribution is 1.96. The van der Waals surface area contributed by atoms with Crippen molar-refractivity contribution in [1.29, 1.82) is 0 Å². The Morgan fingerprint density at radius 2 is 2.40 bits per heavy atom. The molecule has 0 atom stereocenters. The van der Waals surface area contributed by atoms with E-state index in [4.69, 9.17) is 5.84 Å². The maximum Gasteiger partial charge on any atom is 0.212 e. The molecule has 0 amide bonds. The number of nitrogens with two attached hydrogens (primary N) is 1. The van der Waals surface area contributed by atoms with E-state index in [0.717, 1.165) is 5.56 Å². The Morgan fingerprint density at radius 3 is 2.90 bits per heavy atom. The first-order valence-corrected chi connectivity index (χ1v) is 2.87. The molecule has 0 spiro atoms. The van der Waals surface area contributed by atoms with E-state index in [2.05, 4.69) is 10.4 Å².